The van der Waals surface area contributed by atoms with Crippen LogP contribution in [-0.2, 0) is 11.3 Å². The van der Waals surface area contributed by atoms with Crippen LogP contribution in [0, 0.1) is 0 Å². The van der Waals surface area contributed by atoms with Crippen LogP contribution in [0.25, 0.3) is 0 Å². The standard InChI is InChI=1S/C19H22N2O3/c1-23-16-11-12-21(13-16)19(22)20-17-9-5-6-10-18(17)24-14-15-7-3-2-4-8-15/h2-10,16H,11-14H2,1H3,(H,20,22)/t16-/m0/s1. The highest BCUT2D eigenvalue weighted by Gasteiger charge is 2.26. The van der Waals surface area contributed by atoms with Gasteiger partial charge in [-0.15, -0.1) is 0 Å². The van der Waals surface area contributed by atoms with E-state index in [1.165, 1.54) is 0 Å². The summed E-state index contributed by atoms with van der Waals surface area (Å²) >= 11 is 0. The Morgan fingerprint density at radius 2 is 1.92 bits per heavy atom. The van der Waals surface area contributed by atoms with Crippen LogP contribution >= 0.6 is 0 Å². The number of likely N-dealkylation sites (tertiary alicyclic amines) is 1. The average Bonchev–Trinajstić information content (AvgIpc) is 3.11. The van der Waals surface area contributed by atoms with E-state index in [2.05, 4.69) is 5.32 Å². The number of hydrogen-bond donors (Lipinski definition) is 1. The SMILES string of the molecule is CO[C@H]1CCN(C(=O)Nc2ccccc2OCc2ccccc2)C1. The van der Waals surface area contributed by atoms with Gasteiger partial charge in [0.25, 0.3) is 0 Å². The molecule has 0 saturated carbocycles. The van der Waals surface area contributed by atoms with Crippen molar-refractivity contribution in [1.82, 2.24) is 4.90 Å². The van der Waals surface area contributed by atoms with Gasteiger partial charge in [-0.3, -0.25) is 0 Å². The smallest absolute Gasteiger partial charge is 0.322 e. The van der Waals surface area contributed by atoms with E-state index in [0.29, 0.717) is 31.1 Å². The number of rotatable bonds is 5. The molecule has 0 radical (unpaired) electrons. The number of hydrogen-bond acceptors (Lipinski definition) is 3. The summed E-state index contributed by atoms with van der Waals surface area (Å²) in [5, 5.41) is 2.94. The summed E-state index contributed by atoms with van der Waals surface area (Å²) in [4.78, 5) is 14.2. The third-order valence-corrected chi connectivity index (χ3v) is 4.13. The van der Waals surface area contributed by atoms with E-state index in [1.54, 1.807) is 12.0 Å². The number of nitrogens with one attached hydrogen (secondary N) is 1. The molecule has 24 heavy (non-hydrogen) atoms. The first-order valence-corrected chi connectivity index (χ1v) is 8.11. The summed E-state index contributed by atoms with van der Waals surface area (Å²) in [7, 11) is 1.68. The predicted molar refractivity (Wildman–Crippen MR) is 93.2 cm³/mol. The fourth-order valence-electron chi connectivity index (χ4n) is 2.73. The second-order valence-corrected chi connectivity index (χ2v) is 5.79. The highest BCUT2D eigenvalue weighted by Crippen LogP contribution is 2.25. The summed E-state index contributed by atoms with van der Waals surface area (Å²) in [6, 6.07) is 17.3. The highest BCUT2D eigenvalue weighted by molar-refractivity contribution is 5.91. The Kier molecular flexibility index (Phi) is 5.33. The molecule has 3 rings (SSSR count). The van der Waals surface area contributed by atoms with Gasteiger partial charge in [-0.1, -0.05) is 42.5 Å². The lowest BCUT2D eigenvalue weighted by atomic mass is 10.2. The lowest BCUT2D eigenvalue weighted by Crippen LogP contribution is -2.34. The van der Waals surface area contributed by atoms with E-state index in [1.807, 2.05) is 54.6 Å². The Balaban J connectivity index is 1.62. The zero-order chi connectivity index (χ0) is 16.8. The van der Waals surface area contributed by atoms with Crippen LogP contribution in [0.5, 0.6) is 5.75 Å². The number of para-hydroxylation sites is 2. The Labute approximate surface area is 142 Å². The van der Waals surface area contributed by atoms with Crippen molar-refractivity contribution in [2.45, 2.75) is 19.1 Å². The summed E-state index contributed by atoms with van der Waals surface area (Å²) < 4.78 is 11.2. The van der Waals surface area contributed by atoms with Gasteiger partial charge in [-0.2, -0.15) is 0 Å². The van der Waals surface area contributed by atoms with Crippen molar-refractivity contribution in [1.29, 1.82) is 0 Å². The lowest BCUT2D eigenvalue weighted by Gasteiger charge is -2.18. The average molecular weight is 326 g/mol. The second kappa shape index (κ2) is 7.84. The Morgan fingerprint density at radius 1 is 1.17 bits per heavy atom. The molecule has 0 spiro atoms. The molecule has 2 aromatic carbocycles. The van der Waals surface area contributed by atoms with Crippen molar-refractivity contribution >= 4 is 11.7 Å². The molecule has 2 aromatic rings. The van der Waals surface area contributed by atoms with Gasteiger partial charge in [0, 0.05) is 20.2 Å². The van der Waals surface area contributed by atoms with Gasteiger partial charge >= 0.3 is 6.03 Å². The highest BCUT2D eigenvalue weighted by atomic mass is 16.5. The Hall–Kier alpha value is -2.53. The fourth-order valence-corrected chi connectivity index (χ4v) is 2.73. The summed E-state index contributed by atoms with van der Waals surface area (Å²) in [5.74, 6) is 0.664. The number of anilines is 1. The van der Waals surface area contributed by atoms with Crippen LogP contribution in [0.1, 0.15) is 12.0 Å². The maximum Gasteiger partial charge on any atom is 0.322 e. The van der Waals surface area contributed by atoms with Crippen LogP contribution in [0.2, 0.25) is 0 Å². The molecular weight excluding hydrogens is 304 g/mol. The third kappa shape index (κ3) is 4.06. The lowest BCUT2D eigenvalue weighted by molar-refractivity contribution is 0.111. The quantitative estimate of drug-likeness (QED) is 0.914. The molecule has 1 aliphatic heterocycles. The molecule has 2 amide bonds. The molecule has 1 N–H and O–H groups in total. The maximum absolute atomic E-state index is 12.4. The summed E-state index contributed by atoms with van der Waals surface area (Å²) in [6.07, 6.45) is 0.996. The van der Waals surface area contributed by atoms with Crippen molar-refractivity contribution in [3.63, 3.8) is 0 Å². The number of benzene rings is 2. The van der Waals surface area contributed by atoms with Gasteiger partial charge in [0.1, 0.15) is 12.4 Å². The largest absolute Gasteiger partial charge is 0.487 e. The predicted octanol–water partition coefficient (Wildman–Crippen LogP) is 3.52. The number of carbonyl (C=O) groups excluding carboxylic acids is 1. The first kappa shape index (κ1) is 16.3. The molecule has 0 unspecified atom stereocenters. The second-order valence-electron chi connectivity index (χ2n) is 5.79. The number of carbonyl (C=O) groups is 1. The third-order valence-electron chi connectivity index (χ3n) is 4.13. The van der Waals surface area contributed by atoms with Crippen molar-refractivity contribution in [2.24, 2.45) is 0 Å². The van der Waals surface area contributed by atoms with Gasteiger partial charge in [0.15, 0.2) is 0 Å². The Bertz CT molecular complexity index is 675. The molecule has 1 heterocycles. The van der Waals surface area contributed by atoms with Crippen molar-refractivity contribution in [3.8, 4) is 5.75 Å². The molecule has 0 aromatic heterocycles. The molecule has 0 aliphatic carbocycles. The van der Waals surface area contributed by atoms with Crippen molar-refractivity contribution in [3.05, 3.63) is 60.2 Å². The van der Waals surface area contributed by atoms with Gasteiger partial charge in [0.2, 0.25) is 0 Å². The van der Waals surface area contributed by atoms with Crippen LogP contribution in [-0.4, -0.2) is 37.2 Å². The van der Waals surface area contributed by atoms with Crippen molar-refractivity contribution in [2.75, 3.05) is 25.5 Å². The minimum Gasteiger partial charge on any atom is -0.487 e. The number of urea groups is 1. The maximum atomic E-state index is 12.4. The molecule has 1 saturated heterocycles. The zero-order valence-electron chi connectivity index (χ0n) is 13.8. The molecule has 1 aliphatic rings. The van der Waals surface area contributed by atoms with Gasteiger partial charge in [-0.25, -0.2) is 4.79 Å². The van der Waals surface area contributed by atoms with Gasteiger partial charge in [-0.05, 0) is 24.1 Å². The molecule has 1 fully saturated rings. The fraction of sp³-hybridized carbons (Fsp3) is 0.316. The minimum absolute atomic E-state index is 0.120. The summed E-state index contributed by atoms with van der Waals surface area (Å²) in [6.45, 7) is 1.79. The van der Waals surface area contributed by atoms with Gasteiger partial charge < -0.3 is 19.7 Å². The van der Waals surface area contributed by atoms with E-state index < -0.39 is 0 Å². The zero-order valence-corrected chi connectivity index (χ0v) is 13.8. The molecule has 126 valence electrons. The van der Waals surface area contributed by atoms with Gasteiger partial charge in [0.05, 0.1) is 11.8 Å². The van der Waals surface area contributed by atoms with E-state index in [0.717, 1.165) is 12.0 Å². The molecular formula is C19H22N2O3. The first-order chi connectivity index (χ1) is 11.8. The molecule has 0 bridgehead atoms. The van der Waals surface area contributed by atoms with Crippen LogP contribution < -0.4 is 10.1 Å². The molecule has 1 atom stereocenters. The topological polar surface area (TPSA) is 50.8 Å². The van der Waals surface area contributed by atoms with Crippen LogP contribution in [0.15, 0.2) is 54.6 Å². The number of nitrogens with zero attached hydrogens (tertiary/aromatic N) is 1. The van der Waals surface area contributed by atoms with E-state index >= 15 is 0 Å². The van der Waals surface area contributed by atoms with E-state index in [-0.39, 0.29) is 12.1 Å². The van der Waals surface area contributed by atoms with Crippen LogP contribution in [0.3, 0.4) is 0 Å². The minimum atomic E-state index is -0.120. The molecule has 5 nitrogen and oxygen atoms in total. The van der Waals surface area contributed by atoms with Crippen molar-refractivity contribution < 1.29 is 14.3 Å². The van der Waals surface area contributed by atoms with Crippen LogP contribution in [0.4, 0.5) is 10.5 Å². The normalized spacial score (nSPS) is 16.9. The number of amides is 2. The van der Waals surface area contributed by atoms with E-state index in [4.69, 9.17) is 9.47 Å². The summed E-state index contributed by atoms with van der Waals surface area (Å²) in [5.41, 5.74) is 1.76. The Morgan fingerprint density at radius 3 is 2.67 bits per heavy atom. The number of methoxy groups -OCH3 is 1. The molecule has 5 heteroatoms. The monoisotopic (exact) mass is 326 g/mol. The number of ether oxygens (including phenoxy) is 2. The van der Waals surface area contributed by atoms with E-state index in [9.17, 15) is 4.79 Å². The first-order valence-electron chi connectivity index (χ1n) is 8.11.